The van der Waals surface area contributed by atoms with E-state index in [2.05, 4.69) is 17.4 Å². The van der Waals surface area contributed by atoms with E-state index in [0.29, 0.717) is 6.04 Å². The summed E-state index contributed by atoms with van der Waals surface area (Å²) in [4.78, 5) is 0. The molecule has 2 nitrogen and oxygen atoms in total. The predicted octanol–water partition coefficient (Wildman–Crippen LogP) is 5.61. The Labute approximate surface area is 127 Å². The summed E-state index contributed by atoms with van der Waals surface area (Å²) in [6.45, 7) is 0. The first kappa shape index (κ1) is 14.0. The van der Waals surface area contributed by atoms with Crippen molar-refractivity contribution in [2.24, 2.45) is 0 Å². The second kappa shape index (κ2) is 7.16. The predicted molar refractivity (Wildman–Crippen MR) is 88.1 cm³/mol. The van der Waals surface area contributed by atoms with Gasteiger partial charge in [-0.1, -0.05) is 56.0 Å². The van der Waals surface area contributed by atoms with E-state index in [1.165, 1.54) is 38.5 Å². The Morgan fingerprint density at radius 3 is 2.19 bits per heavy atom. The van der Waals surface area contributed by atoms with Crippen LogP contribution in [0.5, 0.6) is 11.5 Å². The van der Waals surface area contributed by atoms with E-state index in [-0.39, 0.29) is 0 Å². The summed E-state index contributed by atoms with van der Waals surface area (Å²) in [7, 11) is 0. The van der Waals surface area contributed by atoms with Crippen molar-refractivity contribution in [1.82, 2.24) is 0 Å². The van der Waals surface area contributed by atoms with Crippen molar-refractivity contribution in [3.8, 4) is 11.5 Å². The molecule has 0 amide bonds. The molecule has 1 saturated carbocycles. The molecule has 0 atom stereocenters. The molecule has 1 N–H and O–H groups in total. The third kappa shape index (κ3) is 4.01. The zero-order valence-corrected chi connectivity index (χ0v) is 12.4. The summed E-state index contributed by atoms with van der Waals surface area (Å²) >= 11 is 0. The summed E-state index contributed by atoms with van der Waals surface area (Å²) in [6.07, 6.45) is 7.94. The van der Waals surface area contributed by atoms with Gasteiger partial charge >= 0.3 is 0 Å². The summed E-state index contributed by atoms with van der Waals surface area (Å²) in [6, 6.07) is 18.8. The fourth-order valence-corrected chi connectivity index (χ4v) is 2.93. The number of nitrogens with one attached hydrogen (secondary N) is 1. The first-order valence-corrected chi connectivity index (χ1v) is 8.00. The Kier molecular flexibility index (Phi) is 4.78. The molecule has 1 fully saturated rings. The minimum atomic E-state index is 0.577. The van der Waals surface area contributed by atoms with E-state index in [0.717, 1.165) is 17.2 Å². The van der Waals surface area contributed by atoms with Gasteiger partial charge in [-0.3, -0.25) is 0 Å². The molecule has 0 spiro atoms. The molecule has 110 valence electrons. The lowest BCUT2D eigenvalue weighted by Gasteiger charge is -2.20. The van der Waals surface area contributed by atoms with Crippen molar-refractivity contribution >= 4 is 5.69 Å². The molecular formula is C19H23NO. The summed E-state index contributed by atoms with van der Waals surface area (Å²) in [5.41, 5.74) is 1.10. The molecule has 1 aliphatic carbocycles. The van der Waals surface area contributed by atoms with Crippen LogP contribution >= 0.6 is 0 Å². The second-order valence-corrected chi connectivity index (χ2v) is 5.74. The van der Waals surface area contributed by atoms with Gasteiger partial charge in [0.2, 0.25) is 0 Å². The molecule has 2 heteroatoms. The van der Waals surface area contributed by atoms with Gasteiger partial charge in [0, 0.05) is 6.04 Å². The monoisotopic (exact) mass is 281 g/mol. The van der Waals surface area contributed by atoms with Gasteiger partial charge in [-0.05, 0) is 37.1 Å². The Hall–Kier alpha value is -1.96. The maximum absolute atomic E-state index is 6.02. The molecule has 0 unspecified atom stereocenters. The lowest BCUT2D eigenvalue weighted by Crippen LogP contribution is -2.18. The molecule has 0 saturated heterocycles. The van der Waals surface area contributed by atoms with E-state index >= 15 is 0 Å². The van der Waals surface area contributed by atoms with E-state index in [1.807, 2.05) is 42.5 Å². The van der Waals surface area contributed by atoms with Crippen LogP contribution in [0.3, 0.4) is 0 Å². The van der Waals surface area contributed by atoms with Gasteiger partial charge in [-0.15, -0.1) is 0 Å². The fraction of sp³-hybridized carbons (Fsp3) is 0.368. The molecule has 0 bridgehead atoms. The smallest absolute Gasteiger partial charge is 0.150 e. The van der Waals surface area contributed by atoms with Gasteiger partial charge in [0.25, 0.3) is 0 Å². The van der Waals surface area contributed by atoms with Crippen LogP contribution < -0.4 is 10.1 Å². The molecule has 3 rings (SSSR count). The first-order valence-electron chi connectivity index (χ1n) is 8.00. The van der Waals surface area contributed by atoms with Crippen LogP contribution in [0.25, 0.3) is 0 Å². The molecule has 21 heavy (non-hydrogen) atoms. The van der Waals surface area contributed by atoms with E-state index in [1.54, 1.807) is 0 Å². The SMILES string of the molecule is c1ccc(Oc2ccccc2NC2CCCCCC2)cc1. The zero-order chi connectivity index (χ0) is 14.3. The minimum Gasteiger partial charge on any atom is -0.455 e. The summed E-state index contributed by atoms with van der Waals surface area (Å²) in [5, 5.41) is 3.68. The first-order chi connectivity index (χ1) is 10.4. The van der Waals surface area contributed by atoms with Crippen LogP contribution in [0.2, 0.25) is 0 Å². The maximum Gasteiger partial charge on any atom is 0.150 e. The van der Waals surface area contributed by atoms with Crippen LogP contribution in [0, 0.1) is 0 Å². The number of rotatable bonds is 4. The van der Waals surface area contributed by atoms with Gasteiger partial charge in [0.05, 0.1) is 5.69 Å². The Bertz CT molecular complexity index is 545. The molecule has 0 radical (unpaired) electrons. The average Bonchev–Trinajstić information content (AvgIpc) is 2.79. The lowest BCUT2D eigenvalue weighted by molar-refractivity contribution is 0.482. The van der Waals surface area contributed by atoms with Crippen molar-refractivity contribution in [1.29, 1.82) is 0 Å². The van der Waals surface area contributed by atoms with Crippen molar-refractivity contribution in [2.45, 2.75) is 44.6 Å². The van der Waals surface area contributed by atoms with E-state index in [4.69, 9.17) is 4.74 Å². The topological polar surface area (TPSA) is 21.3 Å². The van der Waals surface area contributed by atoms with Crippen LogP contribution in [0.15, 0.2) is 54.6 Å². The molecule has 0 aromatic heterocycles. The Morgan fingerprint density at radius 2 is 1.43 bits per heavy atom. The van der Waals surface area contributed by atoms with Crippen molar-refractivity contribution in [3.05, 3.63) is 54.6 Å². The van der Waals surface area contributed by atoms with Crippen LogP contribution in [0.1, 0.15) is 38.5 Å². The van der Waals surface area contributed by atoms with Crippen molar-refractivity contribution in [2.75, 3.05) is 5.32 Å². The van der Waals surface area contributed by atoms with Crippen LogP contribution in [0.4, 0.5) is 5.69 Å². The number of para-hydroxylation sites is 3. The molecular weight excluding hydrogens is 258 g/mol. The highest BCUT2D eigenvalue weighted by Crippen LogP contribution is 2.31. The third-order valence-corrected chi connectivity index (χ3v) is 4.07. The van der Waals surface area contributed by atoms with Gasteiger partial charge in [0.15, 0.2) is 5.75 Å². The Balaban J connectivity index is 1.72. The van der Waals surface area contributed by atoms with E-state index in [9.17, 15) is 0 Å². The molecule has 0 heterocycles. The molecule has 2 aromatic carbocycles. The highest BCUT2D eigenvalue weighted by atomic mass is 16.5. The number of benzene rings is 2. The third-order valence-electron chi connectivity index (χ3n) is 4.07. The van der Waals surface area contributed by atoms with E-state index < -0.39 is 0 Å². The van der Waals surface area contributed by atoms with Crippen molar-refractivity contribution < 1.29 is 4.74 Å². The highest BCUT2D eigenvalue weighted by Gasteiger charge is 2.14. The Morgan fingerprint density at radius 1 is 0.762 bits per heavy atom. The molecule has 2 aromatic rings. The maximum atomic E-state index is 6.02. The summed E-state index contributed by atoms with van der Waals surface area (Å²) < 4.78 is 6.02. The van der Waals surface area contributed by atoms with Gasteiger partial charge < -0.3 is 10.1 Å². The second-order valence-electron chi connectivity index (χ2n) is 5.74. The highest BCUT2D eigenvalue weighted by molar-refractivity contribution is 5.58. The minimum absolute atomic E-state index is 0.577. The van der Waals surface area contributed by atoms with Crippen LogP contribution in [-0.4, -0.2) is 6.04 Å². The van der Waals surface area contributed by atoms with Gasteiger partial charge in [0.1, 0.15) is 5.75 Å². The molecule has 0 aliphatic heterocycles. The fourth-order valence-electron chi connectivity index (χ4n) is 2.93. The quantitative estimate of drug-likeness (QED) is 0.735. The van der Waals surface area contributed by atoms with Gasteiger partial charge in [-0.2, -0.15) is 0 Å². The normalized spacial score (nSPS) is 16.2. The standard InChI is InChI=1S/C19H23NO/c1-2-5-11-16(10-4-1)20-18-14-8-9-15-19(18)21-17-12-6-3-7-13-17/h3,6-9,12-16,20H,1-2,4-5,10-11H2. The zero-order valence-electron chi connectivity index (χ0n) is 12.4. The van der Waals surface area contributed by atoms with Crippen molar-refractivity contribution in [3.63, 3.8) is 0 Å². The average molecular weight is 281 g/mol. The largest absolute Gasteiger partial charge is 0.455 e. The lowest BCUT2D eigenvalue weighted by atomic mass is 10.1. The van der Waals surface area contributed by atoms with Gasteiger partial charge in [-0.25, -0.2) is 0 Å². The molecule has 1 aliphatic rings. The number of hydrogen-bond donors (Lipinski definition) is 1. The summed E-state index contributed by atoms with van der Waals surface area (Å²) in [5.74, 6) is 1.79. The number of anilines is 1. The van der Waals surface area contributed by atoms with Crippen LogP contribution in [-0.2, 0) is 0 Å². The number of hydrogen-bond acceptors (Lipinski definition) is 2. The number of ether oxygens (including phenoxy) is 1.